The van der Waals surface area contributed by atoms with Gasteiger partial charge >= 0.3 is 0 Å². The first-order chi connectivity index (χ1) is 7.52. The standard InChI is InChI=1S/C12H19ClN2O/c1-4-6-12(9-14,7-5-2)11(16)15-8-10(3)13/h3-8H2,1-2H3,(H,15,16). The molecule has 0 heterocycles. The third kappa shape index (κ3) is 4.24. The van der Waals surface area contributed by atoms with Crippen LogP contribution in [0.25, 0.3) is 0 Å². The Bertz CT molecular complexity index is 288. The summed E-state index contributed by atoms with van der Waals surface area (Å²) in [5.74, 6) is -0.236. The van der Waals surface area contributed by atoms with Gasteiger partial charge in [-0.05, 0) is 12.8 Å². The van der Waals surface area contributed by atoms with Crippen LogP contribution in [0.4, 0.5) is 0 Å². The van der Waals surface area contributed by atoms with E-state index in [4.69, 9.17) is 11.6 Å². The van der Waals surface area contributed by atoms with E-state index in [9.17, 15) is 10.1 Å². The zero-order chi connectivity index (χ0) is 12.6. The smallest absolute Gasteiger partial charge is 0.240 e. The SMILES string of the molecule is C=C(Cl)CNC(=O)C(C#N)(CCC)CCC. The molecule has 0 radical (unpaired) electrons. The zero-order valence-electron chi connectivity index (χ0n) is 9.98. The minimum atomic E-state index is -0.907. The van der Waals surface area contributed by atoms with Gasteiger partial charge in [0.15, 0.2) is 0 Å². The summed E-state index contributed by atoms with van der Waals surface area (Å²) in [6.45, 7) is 7.65. The molecule has 0 rings (SSSR count). The van der Waals surface area contributed by atoms with Crippen molar-refractivity contribution >= 4 is 17.5 Å². The van der Waals surface area contributed by atoms with E-state index in [0.29, 0.717) is 17.9 Å². The summed E-state index contributed by atoms with van der Waals surface area (Å²) < 4.78 is 0. The van der Waals surface area contributed by atoms with E-state index in [0.717, 1.165) is 12.8 Å². The highest BCUT2D eigenvalue weighted by molar-refractivity contribution is 6.29. The van der Waals surface area contributed by atoms with Crippen molar-refractivity contribution in [1.82, 2.24) is 5.32 Å². The van der Waals surface area contributed by atoms with E-state index in [2.05, 4.69) is 18.0 Å². The van der Waals surface area contributed by atoms with E-state index in [1.54, 1.807) is 0 Å². The molecule has 0 bridgehead atoms. The van der Waals surface area contributed by atoms with Gasteiger partial charge in [0, 0.05) is 5.03 Å². The molecule has 0 atom stereocenters. The zero-order valence-corrected chi connectivity index (χ0v) is 10.7. The first-order valence-corrected chi connectivity index (χ1v) is 5.93. The quantitative estimate of drug-likeness (QED) is 0.746. The lowest BCUT2D eigenvalue weighted by Crippen LogP contribution is -2.40. The van der Waals surface area contributed by atoms with Crippen molar-refractivity contribution in [1.29, 1.82) is 5.26 Å². The van der Waals surface area contributed by atoms with Crippen molar-refractivity contribution in [3.63, 3.8) is 0 Å². The lowest BCUT2D eigenvalue weighted by molar-refractivity contribution is -0.128. The second kappa shape index (κ2) is 7.29. The fraction of sp³-hybridized carbons (Fsp3) is 0.667. The van der Waals surface area contributed by atoms with Gasteiger partial charge in [-0.15, -0.1) is 0 Å². The highest BCUT2D eigenvalue weighted by Gasteiger charge is 2.36. The molecular weight excluding hydrogens is 224 g/mol. The molecule has 4 heteroatoms. The van der Waals surface area contributed by atoms with Crippen LogP contribution in [-0.4, -0.2) is 12.5 Å². The Morgan fingerprint density at radius 1 is 1.44 bits per heavy atom. The molecule has 0 saturated carbocycles. The first kappa shape index (κ1) is 15.0. The molecule has 3 nitrogen and oxygen atoms in total. The number of hydrogen-bond donors (Lipinski definition) is 1. The molecule has 90 valence electrons. The number of hydrogen-bond acceptors (Lipinski definition) is 2. The highest BCUT2D eigenvalue weighted by Crippen LogP contribution is 2.29. The van der Waals surface area contributed by atoms with Crippen molar-refractivity contribution in [3.05, 3.63) is 11.6 Å². The molecule has 0 fully saturated rings. The summed E-state index contributed by atoms with van der Waals surface area (Å²) in [5, 5.41) is 12.2. The maximum atomic E-state index is 11.9. The third-order valence-electron chi connectivity index (χ3n) is 2.44. The molecule has 0 aromatic rings. The van der Waals surface area contributed by atoms with Crippen LogP contribution in [0.2, 0.25) is 0 Å². The predicted molar refractivity (Wildman–Crippen MR) is 65.9 cm³/mol. The van der Waals surface area contributed by atoms with Gasteiger partial charge in [-0.1, -0.05) is 44.9 Å². The Hall–Kier alpha value is -1.01. The Kier molecular flexibility index (Phi) is 6.83. The van der Waals surface area contributed by atoms with Crippen molar-refractivity contribution in [3.8, 4) is 6.07 Å². The number of nitriles is 1. The van der Waals surface area contributed by atoms with Crippen LogP contribution in [0, 0.1) is 16.7 Å². The Balaban J connectivity index is 4.67. The van der Waals surface area contributed by atoms with Gasteiger partial charge in [-0.2, -0.15) is 5.26 Å². The molecule has 1 N–H and O–H groups in total. The van der Waals surface area contributed by atoms with Gasteiger partial charge in [0.25, 0.3) is 0 Å². The number of rotatable bonds is 7. The van der Waals surface area contributed by atoms with Crippen molar-refractivity contribution in [2.75, 3.05) is 6.54 Å². The fourth-order valence-corrected chi connectivity index (χ4v) is 1.78. The van der Waals surface area contributed by atoms with Gasteiger partial charge < -0.3 is 5.32 Å². The summed E-state index contributed by atoms with van der Waals surface area (Å²) in [4.78, 5) is 11.9. The molecular formula is C12H19ClN2O. The molecule has 0 aliphatic rings. The molecule has 1 amide bonds. The summed E-state index contributed by atoms with van der Waals surface area (Å²) in [6.07, 6.45) is 2.78. The summed E-state index contributed by atoms with van der Waals surface area (Å²) in [6, 6.07) is 2.16. The molecule has 0 spiro atoms. The topological polar surface area (TPSA) is 52.9 Å². The average Bonchev–Trinajstić information content (AvgIpc) is 2.25. The van der Waals surface area contributed by atoms with Gasteiger partial charge in [0.2, 0.25) is 5.91 Å². The van der Waals surface area contributed by atoms with Crippen LogP contribution in [0.5, 0.6) is 0 Å². The van der Waals surface area contributed by atoms with Crippen LogP contribution >= 0.6 is 11.6 Å². The van der Waals surface area contributed by atoms with Crippen LogP contribution in [-0.2, 0) is 4.79 Å². The van der Waals surface area contributed by atoms with Crippen molar-refractivity contribution in [2.45, 2.75) is 39.5 Å². The molecule has 0 saturated heterocycles. The molecule has 0 aromatic heterocycles. The number of carbonyl (C=O) groups is 1. The number of nitrogens with zero attached hydrogens (tertiary/aromatic N) is 1. The van der Waals surface area contributed by atoms with E-state index in [1.807, 2.05) is 13.8 Å². The summed E-state index contributed by atoms with van der Waals surface area (Å²) in [5.41, 5.74) is -0.907. The Labute approximate surface area is 102 Å². The summed E-state index contributed by atoms with van der Waals surface area (Å²) >= 11 is 5.58. The molecule has 0 aliphatic heterocycles. The van der Waals surface area contributed by atoms with Gasteiger partial charge in [-0.25, -0.2) is 0 Å². The van der Waals surface area contributed by atoms with Crippen molar-refractivity contribution < 1.29 is 4.79 Å². The Morgan fingerprint density at radius 3 is 2.25 bits per heavy atom. The highest BCUT2D eigenvalue weighted by atomic mass is 35.5. The monoisotopic (exact) mass is 242 g/mol. The Morgan fingerprint density at radius 2 is 1.94 bits per heavy atom. The fourth-order valence-electron chi connectivity index (χ4n) is 1.71. The van der Waals surface area contributed by atoms with Gasteiger partial charge in [0.05, 0.1) is 12.6 Å². The lowest BCUT2D eigenvalue weighted by atomic mass is 9.80. The second-order valence-corrected chi connectivity index (χ2v) is 4.43. The number of carbonyl (C=O) groups excluding carboxylic acids is 1. The lowest BCUT2D eigenvalue weighted by Gasteiger charge is -2.24. The van der Waals surface area contributed by atoms with Crippen LogP contribution < -0.4 is 5.32 Å². The molecule has 16 heavy (non-hydrogen) atoms. The first-order valence-electron chi connectivity index (χ1n) is 5.55. The summed E-state index contributed by atoms with van der Waals surface area (Å²) in [7, 11) is 0. The second-order valence-electron chi connectivity index (χ2n) is 3.89. The number of nitrogens with one attached hydrogen (secondary N) is 1. The van der Waals surface area contributed by atoms with Crippen molar-refractivity contribution in [2.24, 2.45) is 5.41 Å². The maximum absolute atomic E-state index is 11.9. The van der Waals surface area contributed by atoms with Crippen LogP contribution in [0.3, 0.4) is 0 Å². The van der Waals surface area contributed by atoms with E-state index in [-0.39, 0.29) is 12.5 Å². The van der Waals surface area contributed by atoms with E-state index in [1.165, 1.54) is 0 Å². The predicted octanol–water partition coefficient (Wildman–Crippen LogP) is 2.97. The molecule has 0 aliphatic carbocycles. The normalized spacial score (nSPS) is 10.6. The minimum absolute atomic E-state index is 0.219. The number of amides is 1. The van der Waals surface area contributed by atoms with Crippen LogP contribution in [0.1, 0.15) is 39.5 Å². The van der Waals surface area contributed by atoms with Gasteiger partial charge in [0.1, 0.15) is 5.41 Å². The number of halogens is 1. The third-order valence-corrected chi connectivity index (χ3v) is 2.58. The molecule has 0 unspecified atom stereocenters. The minimum Gasteiger partial charge on any atom is -0.350 e. The van der Waals surface area contributed by atoms with E-state index >= 15 is 0 Å². The molecule has 0 aromatic carbocycles. The maximum Gasteiger partial charge on any atom is 0.240 e. The van der Waals surface area contributed by atoms with Gasteiger partial charge in [-0.3, -0.25) is 4.79 Å². The largest absolute Gasteiger partial charge is 0.350 e. The average molecular weight is 243 g/mol. The van der Waals surface area contributed by atoms with Crippen LogP contribution in [0.15, 0.2) is 11.6 Å². The van der Waals surface area contributed by atoms with E-state index < -0.39 is 5.41 Å².